The third kappa shape index (κ3) is 3.75. The molecule has 19 heavy (non-hydrogen) atoms. The molecule has 2 rings (SSSR count). The molecule has 0 bridgehead atoms. The van der Waals surface area contributed by atoms with E-state index in [9.17, 15) is 15.2 Å². The number of non-ortho nitro benzene ring substituents is 1. The first-order valence-electron chi connectivity index (χ1n) is 6.72. The van der Waals surface area contributed by atoms with Crippen LogP contribution in [-0.2, 0) is 0 Å². The van der Waals surface area contributed by atoms with Gasteiger partial charge in [-0.3, -0.25) is 10.1 Å². The molecule has 1 saturated carbocycles. The number of nitrogens with one attached hydrogen (secondary N) is 1. The van der Waals surface area contributed by atoms with Crippen LogP contribution in [0.3, 0.4) is 0 Å². The van der Waals surface area contributed by atoms with Crippen molar-refractivity contribution in [1.82, 2.24) is 5.32 Å². The molecule has 5 nitrogen and oxygen atoms in total. The Balaban J connectivity index is 1.85. The van der Waals surface area contributed by atoms with Crippen molar-refractivity contribution in [1.29, 1.82) is 0 Å². The first-order chi connectivity index (χ1) is 9.06. The Bertz CT molecular complexity index is 433. The molecule has 0 radical (unpaired) electrons. The third-order valence-corrected chi connectivity index (χ3v) is 3.78. The molecule has 2 N–H and O–H groups in total. The molecule has 104 valence electrons. The summed E-state index contributed by atoms with van der Waals surface area (Å²) in [5.74, 6) is 0.758. The van der Waals surface area contributed by atoms with Crippen LogP contribution in [0, 0.1) is 16.0 Å². The van der Waals surface area contributed by atoms with Gasteiger partial charge in [0.2, 0.25) is 0 Å². The van der Waals surface area contributed by atoms with Crippen molar-refractivity contribution < 1.29 is 10.0 Å². The van der Waals surface area contributed by atoms with Crippen LogP contribution in [0.25, 0.3) is 0 Å². The Morgan fingerprint density at radius 2 is 2.11 bits per heavy atom. The summed E-state index contributed by atoms with van der Waals surface area (Å²) in [6.07, 6.45) is 2.95. The highest BCUT2D eigenvalue weighted by molar-refractivity contribution is 5.33. The van der Waals surface area contributed by atoms with Crippen molar-refractivity contribution in [2.75, 3.05) is 6.54 Å². The van der Waals surface area contributed by atoms with Crippen LogP contribution < -0.4 is 5.32 Å². The zero-order valence-electron chi connectivity index (χ0n) is 11.1. The molecular formula is C14H20N2O3. The largest absolute Gasteiger partial charge is 0.387 e. The predicted octanol–water partition coefficient (Wildman–Crippen LogP) is 2.41. The number of benzene rings is 1. The van der Waals surface area contributed by atoms with Gasteiger partial charge in [0.25, 0.3) is 5.69 Å². The summed E-state index contributed by atoms with van der Waals surface area (Å²) >= 11 is 0. The number of nitro benzene ring substituents is 1. The second-order valence-corrected chi connectivity index (χ2v) is 5.39. The number of hydrogen-bond acceptors (Lipinski definition) is 4. The maximum Gasteiger partial charge on any atom is 0.269 e. The van der Waals surface area contributed by atoms with Gasteiger partial charge in [0.15, 0.2) is 0 Å². The highest BCUT2D eigenvalue weighted by Gasteiger charge is 2.21. The van der Waals surface area contributed by atoms with Crippen molar-refractivity contribution in [3.8, 4) is 0 Å². The van der Waals surface area contributed by atoms with Gasteiger partial charge in [-0.15, -0.1) is 0 Å². The number of rotatable bonds is 5. The smallest absolute Gasteiger partial charge is 0.269 e. The van der Waals surface area contributed by atoms with Gasteiger partial charge >= 0.3 is 0 Å². The summed E-state index contributed by atoms with van der Waals surface area (Å²) in [6.45, 7) is 2.74. The molecule has 0 saturated heterocycles. The van der Waals surface area contributed by atoms with Gasteiger partial charge in [-0.25, -0.2) is 0 Å². The molecule has 1 aromatic rings. The van der Waals surface area contributed by atoms with Gasteiger partial charge in [0, 0.05) is 24.7 Å². The van der Waals surface area contributed by atoms with E-state index in [4.69, 9.17) is 0 Å². The summed E-state index contributed by atoms with van der Waals surface area (Å²) in [5.41, 5.74) is 0.762. The third-order valence-electron chi connectivity index (χ3n) is 3.78. The maximum atomic E-state index is 10.5. The van der Waals surface area contributed by atoms with E-state index < -0.39 is 11.0 Å². The van der Waals surface area contributed by atoms with Gasteiger partial charge in [0.1, 0.15) is 0 Å². The molecular weight excluding hydrogens is 244 g/mol. The number of aliphatic hydroxyl groups is 1. The predicted molar refractivity (Wildman–Crippen MR) is 72.9 cm³/mol. The van der Waals surface area contributed by atoms with E-state index in [2.05, 4.69) is 12.2 Å². The number of aliphatic hydroxyl groups excluding tert-OH is 1. The molecule has 0 aliphatic heterocycles. The molecule has 0 heterocycles. The number of hydrogen-bond donors (Lipinski definition) is 2. The van der Waals surface area contributed by atoms with Crippen molar-refractivity contribution in [3.63, 3.8) is 0 Å². The molecule has 3 unspecified atom stereocenters. The molecule has 1 fully saturated rings. The Kier molecular flexibility index (Phi) is 4.50. The van der Waals surface area contributed by atoms with E-state index in [1.54, 1.807) is 12.1 Å². The molecule has 1 aromatic carbocycles. The summed E-state index contributed by atoms with van der Waals surface area (Å²) < 4.78 is 0. The van der Waals surface area contributed by atoms with Crippen LogP contribution in [-0.4, -0.2) is 22.6 Å². The second-order valence-electron chi connectivity index (χ2n) is 5.39. The van der Waals surface area contributed by atoms with Crippen molar-refractivity contribution in [3.05, 3.63) is 39.9 Å². The van der Waals surface area contributed by atoms with Gasteiger partial charge in [-0.2, -0.15) is 0 Å². The van der Waals surface area contributed by atoms with E-state index in [-0.39, 0.29) is 5.69 Å². The Hall–Kier alpha value is -1.46. The lowest BCUT2D eigenvalue weighted by molar-refractivity contribution is -0.384. The second kappa shape index (κ2) is 6.12. The summed E-state index contributed by atoms with van der Waals surface area (Å²) in [4.78, 5) is 10.1. The van der Waals surface area contributed by atoms with Crippen LogP contribution >= 0.6 is 0 Å². The Labute approximate surface area is 112 Å². The van der Waals surface area contributed by atoms with Crippen LogP contribution in [0.1, 0.15) is 37.9 Å². The fourth-order valence-corrected chi connectivity index (χ4v) is 2.61. The first-order valence-corrected chi connectivity index (χ1v) is 6.72. The lowest BCUT2D eigenvalue weighted by Crippen LogP contribution is -2.30. The minimum absolute atomic E-state index is 0.0496. The van der Waals surface area contributed by atoms with Gasteiger partial charge in [0.05, 0.1) is 11.0 Å². The van der Waals surface area contributed by atoms with Crippen molar-refractivity contribution in [2.45, 2.75) is 38.3 Å². The van der Waals surface area contributed by atoms with E-state index in [0.717, 1.165) is 18.8 Å². The standard InChI is InChI=1S/C14H20N2O3/c1-10-2-5-12(8-10)15-9-14(17)11-3-6-13(7-4-11)16(18)19/h3-4,6-7,10,12,14-15,17H,2,5,8-9H2,1H3. The quantitative estimate of drug-likeness (QED) is 0.632. The van der Waals surface area contributed by atoms with Gasteiger partial charge in [-0.05, 0) is 42.9 Å². The molecule has 1 aliphatic carbocycles. The van der Waals surface area contributed by atoms with Crippen LogP contribution in [0.15, 0.2) is 24.3 Å². The van der Waals surface area contributed by atoms with Gasteiger partial charge < -0.3 is 10.4 Å². The zero-order chi connectivity index (χ0) is 13.8. The average Bonchev–Trinajstić information content (AvgIpc) is 2.82. The fourth-order valence-electron chi connectivity index (χ4n) is 2.61. The van der Waals surface area contributed by atoms with Crippen LogP contribution in [0.4, 0.5) is 5.69 Å². The highest BCUT2D eigenvalue weighted by Crippen LogP contribution is 2.25. The molecule has 5 heteroatoms. The van der Waals surface area contributed by atoms with E-state index in [1.165, 1.54) is 18.6 Å². The molecule has 3 atom stereocenters. The number of nitrogens with zero attached hydrogens (tertiary/aromatic N) is 1. The van der Waals surface area contributed by atoms with Crippen LogP contribution in [0.2, 0.25) is 0 Å². The van der Waals surface area contributed by atoms with E-state index >= 15 is 0 Å². The van der Waals surface area contributed by atoms with Crippen molar-refractivity contribution in [2.24, 2.45) is 5.92 Å². The summed E-state index contributed by atoms with van der Waals surface area (Å²) in [6, 6.07) is 6.57. The van der Waals surface area contributed by atoms with Gasteiger partial charge in [-0.1, -0.05) is 6.92 Å². The molecule has 0 spiro atoms. The van der Waals surface area contributed by atoms with Crippen LogP contribution in [0.5, 0.6) is 0 Å². The fraction of sp³-hybridized carbons (Fsp3) is 0.571. The minimum Gasteiger partial charge on any atom is -0.387 e. The summed E-state index contributed by atoms with van der Waals surface area (Å²) in [5, 5.41) is 24.0. The monoisotopic (exact) mass is 264 g/mol. The lowest BCUT2D eigenvalue weighted by Gasteiger charge is -2.16. The SMILES string of the molecule is CC1CCC(NCC(O)c2ccc([N+](=O)[O-])cc2)C1. The van der Waals surface area contributed by atoms with Crippen molar-refractivity contribution >= 4 is 5.69 Å². The molecule has 0 amide bonds. The molecule has 1 aliphatic rings. The average molecular weight is 264 g/mol. The molecule has 0 aromatic heterocycles. The summed E-state index contributed by atoms with van der Waals surface area (Å²) in [7, 11) is 0. The Morgan fingerprint density at radius 1 is 1.42 bits per heavy atom. The highest BCUT2D eigenvalue weighted by atomic mass is 16.6. The van der Waals surface area contributed by atoms with E-state index in [0.29, 0.717) is 18.2 Å². The lowest BCUT2D eigenvalue weighted by atomic mass is 10.1. The zero-order valence-corrected chi connectivity index (χ0v) is 11.1. The first kappa shape index (κ1) is 14.0. The maximum absolute atomic E-state index is 10.5. The number of nitro groups is 1. The normalized spacial score (nSPS) is 24.3. The minimum atomic E-state index is -0.614. The Morgan fingerprint density at radius 3 is 2.63 bits per heavy atom. The topological polar surface area (TPSA) is 75.4 Å². The van der Waals surface area contributed by atoms with E-state index in [1.807, 2.05) is 0 Å².